The van der Waals surface area contributed by atoms with Gasteiger partial charge in [-0.1, -0.05) is 17.7 Å². The second kappa shape index (κ2) is 7.81. The number of halogens is 1. The Hall–Kier alpha value is -3.58. The maximum absolute atomic E-state index is 12.4. The Morgan fingerprint density at radius 3 is 2.62 bits per heavy atom. The molecule has 4 aromatic rings. The molecule has 0 spiro atoms. The Morgan fingerprint density at radius 2 is 1.93 bits per heavy atom. The molecule has 3 heterocycles. The summed E-state index contributed by atoms with van der Waals surface area (Å²) in [6.45, 7) is 1.85. The van der Waals surface area contributed by atoms with E-state index >= 15 is 0 Å². The molecule has 0 aliphatic carbocycles. The minimum atomic E-state index is -0.283. The fraction of sp³-hybridized carbons (Fsp3) is 0.0952. The lowest BCUT2D eigenvalue weighted by Crippen LogP contribution is -2.14. The average molecular weight is 405 g/mol. The normalized spacial score (nSPS) is 10.7. The molecule has 4 rings (SSSR count). The molecule has 0 radical (unpaired) electrons. The lowest BCUT2D eigenvalue weighted by molar-refractivity contribution is 0.102. The first-order valence-electron chi connectivity index (χ1n) is 8.84. The second-order valence-electron chi connectivity index (χ2n) is 6.53. The SMILES string of the molecule is Cc1ccncc1C(=O)Nc1cnc(-c2cc(-c3cnn(C)c3)ccc2Cl)cn1. The molecule has 3 aromatic heterocycles. The molecule has 0 saturated heterocycles. The summed E-state index contributed by atoms with van der Waals surface area (Å²) >= 11 is 6.38. The highest BCUT2D eigenvalue weighted by Gasteiger charge is 2.12. The van der Waals surface area contributed by atoms with Crippen molar-refractivity contribution < 1.29 is 4.79 Å². The lowest BCUT2D eigenvalue weighted by atomic mass is 10.0. The van der Waals surface area contributed by atoms with Crippen LogP contribution in [-0.4, -0.2) is 30.6 Å². The van der Waals surface area contributed by atoms with Crippen LogP contribution in [0.25, 0.3) is 22.4 Å². The molecule has 0 bridgehead atoms. The van der Waals surface area contributed by atoms with Crippen LogP contribution in [0, 0.1) is 6.92 Å². The smallest absolute Gasteiger partial charge is 0.258 e. The Labute approximate surface area is 172 Å². The Kier molecular flexibility index (Phi) is 5.05. The minimum Gasteiger partial charge on any atom is -0.305 e. The summed E-state index contributed by atoms with van der Waals surface area (Å²) in [5.74, 6) is 0.0656. The van der Waals surface area contributed by atoms with E-state index in [1.54, 1.807) is 29.3 Å². The Balaban J connectivity index is 1.58. The Bertz CT molecular complexity index is 1190. The number of nitrogens with one attached hydrogen (secondary N) is 1. The predicted octanol–water partition coefficient (Wildman–Crippen LogP) is 4.15. The van der Waals surface area contributed by atoms with Crippen molar-refractivity contribution in [2.75, 3.05) is 5.32 Å². The van der Waals surface area contributed by atoms with Gasteiger partial charge in [-0.05, 0) is 36.2 Å². The molecular formula is C21H17ClN6O. The van der Waals surface area contributed by atoms with E-state index in [1.807, 2.05) is 38.4 Å². The van der Waals surface area contributed by atoms with Crippen molar-refractivity contribution >= 4 is 23.3 Å². The third-order valence-corrected chi connectivity index (χ3v) is 4.79. The van der Waals surface area contributed by atoms with Crippen molar-refractivity contribution in [2.24, 2.45) is 7.05 Å². The molecular weight excluding hydrogens is 388 g/mol. The van der Waals surface area contributed by atoms with Gasteiger partial charge in [-0.15, -0.1) is 0 Å². The van der Waals surface area contributed by atoms with E-state index < -0.39 is 0 Å². The van der Waals surface area contributed by atoms with Gasteiger partial charge in [-0.3, -0.25) is 19.4 Å². The zero-order valence-corrected chi connectivity index (χ0v) is 16.6. The Morgan fingerprint density at radius 1 is 1.07 bits per heavy atom. The van der Waals surface area contributed by atoms with Crippen molar-refractivity contribution in [3.8, 4) is 22.4 Å². The van der Waals surface area contributed by atoms with Gasteiger partial charge in [0.2, 0.25) is 0 Å². The van der Waals surface area contributed by atoms with Crippen molar-refractivity contribution in [1.82, 2.24) is 24.7 Å². The van der Waals surface area contributed by atoms with Crippen LogP contribution >= 0.6 is 11.6 Å². The summed E-state index contributed by atoms with van der Waals surface area (Å²) in [5, 5.41) is 7.50. The molecule has 8 heteroatoms. The number of hydrogen-bond donors (Lipinski definition) is 1. The highest BCUT2D eigenvalue weighted by molar-refractivity contribution is 6.33. The van der Waals surface area contributed by atoms with E-state index in [0.29, 0.717) is 22.1 Å². The number of carbonyl (C=O) groups is 1. The molecule has 0 aliphatic heterocycles. The average Bonchev–Trinajstić information content (AvgIpc) is 3.16. The quantitative estimate of drug-likeness (QED) is 0.552. The van der Waals surface area contributed by atoms with Crippen LogP contribution in [0.3, 0.4) is 0 Å². The third-order valence-electron chi connectivity index (χ3n) is 4.46. The molecule has 29 heavy (non-hydrogen) atoms. The largest absolute Gasteiger partial charge is 0.305 e. The fourth-order valence-electron chi connectivity index (χ4n) is 2.89. The summed E-state index contributed by atoms with van der Waals surface area (Å²) in [5.41, 5.74) is 4.64. The molecule has 0 saturated carbocycles. The van der Waals surface area contributed by atoms with Gasteiger partial charge < -0.3 is 5.32 Å². The number of benzene rings is 1. The molecule has 1 aromatic carbocycles. The van der Waals surface area contributed by atoms with E-state index in [4.69, 9.17) is 11.6 Å². The molecule has 0 fully saturated rings. The summed E-state index contributed by atoms with van der Waals surface area (Å²) in [7, 11) is 1.87. The highest BCUT2D eigenvalue weighted by atomic mass is 35.5. The zero-order chi connectivity index (χ0) is 20.4. The van der Waals surface area contributed by atoms with Crippen LogP contribution in [0.2, 0.25) is 5.02 Å². The minimum absolute atomic E-state index is 0.283. The lowest BCUT2D eigenvalue weighted by Gasteiger charge is -2.08. The number of aryl methyl sites for hydroxylation is 2. The summed E-state index contributed by atoms with van der Waals surface area (Å²) in [6.07, 6.45) is 9.97. The maximum atomic E-state index is 12.4. The van der Waals surface area contributed by atoms with Gasteiger partial charge in [-0.2, -0.15) is 5.10 Å². The van der Waals surface area contributed by atoms with E-state index in [9.17, 15) is 4.79 Å². The number of carbonyl (C=O) groups excluding carboxylic acids is 1. The van der Waals surface area contributed by atoms with Gasteiger partial charge in [0, 0.05) is 36.8 Å². The molecule has 0 unspecified atom stereocenters. The van der Waals surface area contributed by atoms with Crippen LogP contribution in [0.1, 0.15) is 15.9 Å². The van der Waals surface area contributed by atoms with Crippen LogP contribution in [0.4, 0.5) is 5.82 Å². The van der Waals surface area contributed by atoms with Crippen LogP contribution in [-0.2, 0) is 7.05 Å². The summed E-state index contributed by atoms with van der Waals surface area (Å²) in [4.78, 5) is 25.1. The predicted molar refractivity (Wildman–Crippen MR) is 112 cm³/mol. The van der Waals surface area contributed by atoms with E-state index in [1.165, 1.54) is 12.4 Å². The van der Waals surface area contributed by atoms with Crippen molar-refractivity contribution in [2.45, 2.75) is 6.92 Å². The fourth-order valence-corrected chi connectivity index (χ4v) is 3.10. The zero-order valence-electron chi connectivity index (χ0n) is 15.8. The number of amides is 1. The molecule has 0 atom stereocenters. The number of aromatic nitrogens is 5. The second-order valence-corrected chi connectivity index (χ2v) is 6.94. The number of pyridine rings is 1. The van der Waals surface area contributed by atoms with Gasteiger partial charge in [-0.25, -0.2) is 4.98 Å². The molecule has 1 N–H and O–H groups in total. The first-order valence-corrected chi connectivity index (χ1v) is 9.22. The van der Waals surface area contributed by atoms with Gasteiger partial charge >= 0.3 is 0 Å². The van der Waals surface area contributed by atoms with Crippen molar-refractivity contribution in [1.29, 1.82) is 0 Å². The van der Waals surface area contributed by atoms with Crippen molar-refractivity contribution in [3.05, 3.63) is 77.6 Å². The monoisotopic (exact) mass is 404 g/mol. The highest BCUT2D eigenvalue weighted by Crippen LogP contribution is 2.31. The first kappa shape index (κ1) is 18.8. The molecule has 7 nitrogen and oxygen atoms in total. The van der Waals surface area contributed by atoms with Gasteiger partial charge in [0.1, 0.15) is 0 Å². The number of hydrogen-bond acceptors (Lipinski definition) is 5. The summed E-state index contributed by atoms with van der Waals surface area (Å²) < 4.78 is 1.74. The number of rotatable bonds is 4. The topological polar surface area (TPSA) is 85.6 Å². The van der Waals surface area contributed by atoms with Crippen LogP contribution in [0.15, 0.2) is 61.4 Å². The van der Waals surface area contributed by atoms with Crippen LogP contribution < -0.4 is 5.32 Å². The van der Waals surface area contributed by atoms with E-state index in [-0.39, 0.29) is 5.91 Å². The van der Waals surface area contributed by atoms with Crippen LogP contribution in [0.5, 0.6) is 0 Å². The number of nitrogens with zero attached hydrogens (tertiary/aromatic N) is 5. The van der Waals surface area contributed by atoms with E-state index in [2.05, 4.69) is 25.4 Å². The van der Waals surface area contributed by atoms with E-state index in [0.717, 1.165) is 22.3 Å². The maximum Gasteiger partial charge on any atom is 0.258 e. The summed E-state index contributed by atoms with van der Waals surface area (Å²) in [6, 6.07) is 7.48. The standard InChI is InChI=1S/C21H17ClN6O/c1-13-5-6-23-9-17(13)21(29)27-20-11-24-19(10-25-20)16-7-14(3-4-18(16)22)15-8-26-28(2)12-15/h3-12H,1-2H3,(H,25,27,29). The van der Waals surface area contributed by atoms with Gasteiger partial charge in [0.05, 0.1) is 34.9 Å². The first-order chi connectivity index (χ1) is 14.0. The van der Waals surface area contributed by atoms with Gasteiger partial charge in [0.15, 0.2) is 5.82 Å². The van der Waals surface area contributed by atoms with Gasteiger partial charge in [0.25, 0.3) is 5.91 Å². The van der Waals surface area contributed by atoms with Crippen molar-refractivity contribution in [3.63, 3.8) is 0 Å². The molecule has 1 amide bonds. The number of anilines is 1. The molecule has 144 valence electrons. The third kappa shape index (κ3) is 4.00. The molecule has 0 aliphatic rings.